The van der Waals surface area contributed by atoms with Crippen LogP contribution in [0.4, 0.5) is 0 Å². The molecular formula is C12H19ClN2S. The van der Waals surface area contributed by atoms with Crippen molar-refractivity contribution in [2.24, 2.45) is 5.92 Å². The summed E-state index contributed by atoms with van der Waals surface area (Å²) in [5, 5.41) is 3.66. The molecule has 90 valence electrons. The lowest BCUT2D eigenvalue weighted by Crippen LogP contribution is -2.49. The number of rotatable bonds is 4. The Balaban J connectivity index is 1.93. The molecule has 1 saturated carbocycles. The molecule has 0 aliphatic heterocycles. The standard InChI is InChI=1S/C12H19ClN2S/c1-10-3-2-4-12(5-10,8-13)15-7-11-6-14-9-16-11/h6,9-10,15H,2-5,7-8H2,1H3. The molecule has 1 heterocycles. The maximum absolute atomic E-state index is 6.17. The number of hydrogen-bond acceptors (Lipinski definition) is 3. The van der Waals surface area contributed by atoms with Crippen molar-refractivity contribution in [1.29, 1.82) is 0 Å². The van der Waals surface area contributed by atoms with E-state index in [4.69, 9.17) is 11.6 Å². The Morgan fingerprint density at radius 2 is 2.56 bits per heavy atom. The van der Waals surface area contributed by atoms with E-state index in [1.54, 1.807) is 11.3 Å². The first-order valence-electron chi connectivity index (χ1n) is 5.92. The van der Waals surface area contributed by atoms with E-state index < -0.39 is 0 Å². The molecule has 0 saturated heterocycles. The van der Waals surface area contributed by atoms with Crippen LogP contribution in [0.2, 0.25) is 0 Å². The molecule has 0 bridgehead atoms. The molecule has 4 heteroatoms. The number of aromatic nitrogens is 1. The van der Waals surface area contributed by atoms with Crippen LogP contribution in [0, 0.1) is 5.92 Å². The zero-order valence-electron chi connectivity index (χ0n) is 9.71. The van der Waals surface area contributed by atoms with Crippen molar-refractivity contribution in [3.05, 3.63) is 16.6 Å². The van der Waals surface area contributed by atoms with E-state index in [0.717, 1.165) is 18.3 Å². The summed E-state index contributed by atoms with van der Waals surface area (Å²) in [6, 6.07) is 0. The smallest absolute Gasteiger partial charge is 0.0794 e. The lowest BCUT2D eigenvalue weighted by Gasteiger charge is -2.39. The normalized spacial score (nSPS) is 30.5. The molecule has 2 unspecified atom stereocenters. The SMILES string of the molecule is CC1CCCC(CCl)(NCc2cncs2)C1. The summed E-state index contributed by atoms with van der Waals surface area (Å²) in [6.45, 7) is 3.24. The van der Waals surface area contributed by atoms with Crippen LogP contribution in [0.5, 0.6) is 0 Å². The third-order valence-electron chi connectivity index (χ3n) is 3.47. The number of alkyl halides is 1. The minimum absolute atomic E-state index is 0.156. The van der Waals surface area contributed by atoms with Crippen molar-refractivity contribution in [3.63, 3.8) is 0 Å². The Morgan fingerprint density at radius 1 is 1.69 bits per heavy atom. The van der Waals surface area contributed by atoms with E-state index in [1.807, 2.05) is 11.7 Å². The highest BCUT2D eigenvalue weighted by Gasteiger charge is 2.33. The summed E-state index contributed by atoms with van der Waals surface area (Å²) in [5.41, 5.74) is 2.04. The Hall–Kier alpha value is -0.120. The van der Waals surface area contributed by atoms with Crippen molar-refractivity contribution < 1.29 is 0 Å². The summed E-state index contributed by atoms with van der Waals surface area (Å²) >= 11 is 7.87. The maximum Gasteiger partial charge on any atom is 0.0794 e. The predicted molar refractivity (Wildman–Crippen MR) is 70.0 cm³/mol. The molecule has 1 aromatic heterocycles. The van der Waals surface area contributed by atoms with Gasteiger partial charge in [-0.25, -0.2) is 0 Å². The molecule has 1 fully saturated rings. The average Bonchev–Trinajstić information content (AvgIpc) is 2.79. The number of hydrogen-bond donors (Lipinski definition) is 1. The van der Waals surface area contributed by atoms with Gasteiger partial charge in [0.15, 0.2) is 0 Å². The molecule has 2 nitrogen and oxygen atoms in total. The Bertz CT molecular complexity index is 315. The summed E-state index contributed by atoms with van der Waals surface area (Å²) in [7, 11) is 0. The van der Waals surface area contributed by atoms with E-state index >= 15 is 0 Å². The van der Waals surface area contributed by atoms with Gasteiger partial charge >= 0.3 is 0 Å². The zero-order valence-corrected chi connectivity index (χ0v) is 11.3. The molecule has 0 amide bonds. The van der Waals surface area contributed by atoms with Crippen LogP contribution in [0.1, 0.15) is 37.5 Å². The monoisotopic (exact) mass is 258 g/mol. The first-order chi connectivity index (χ1) is 7.74. The van der Waals surface area contributed by atoms with Gasteiger partial charge in [-0.15, -0.1) is 22.9 Å². The fourth-order valence-electron chi connectivity index (χ4n) is 2.59. The van der Waals surface area contributed by atoms with Crippen LogP contribution in [0.3, 0.4) is 0 Å². The molecule has 1 aromatic rings. The van der Waals surface area contributed by atoms with Crippen LogP contribution in [-0.2, 0) is 6.54 Å². The fourth-order valence-corrected chi connectivity index (χ4v) is 3.46. The van der Waals surface area contributed by atoms with E-state index in [-0.39, 0.29) is 5.54 Å². The van der Waals surface area contributed by atoms with E-state index in [9.17, 15) is 0 Å². The highest BCUT2D eigenvalue weighted by Crippen LogP contribution is 2.33. The van der Waals surface area contributed by atoms with Crippen LogP contribution >= 0.6 is 22.9 Å². The van der Waals surface area contributed by atoms with Crippen molar-refractivity contribution in [2.75, 3.05) is 5.88 Å². The highest BCUT2D eigenvalue weighted by atomic mass is 35.5. The second kappa shape index (κ2) is 5.48. The number of nitrogens with one attached hydrogen (secondary N) is 1. The van der Waals surface area contributed by atoms with Crippen molar-refractivity contribution in [3.8, 4) is 0 Å². The minimum atomic E-state index is 0.156. The van der Waals surface area contributed by atoms with E-state index in [0.29, 0.717) is 0 Å². The number of thiazole rings is 1. The van der Waals surface area contributed by atoms with Crippen LogP contribution in [0.25, 0.3) is 0 Å². The molecule has 0 aromatic carbocycles. The van der Waals surface area contributed by atoms with Crippen molar-refractivity contribution >= 4 is 22.9 Å². The van der Waals surface area contributed by atoms with Crippen molar-refractivity contribution in [1.82, 2.24) is 10.3 Å². The number of nitrogens with zero attached hydrogens (tertiary/aromatic N) is 1. The molecule has 0 spiro atoms. The molecule has 2 rings (SSSR count). The third kappa shape index (κ3) is 2.96. The lowest BCUT2D eigenvalue weighted by molar-refractivity contribution is 0.208. The largest absolute Gasteiger partial charge is 0.305 e. The average molecular weight is 259 g/mol. The topological polar surface area (TPSA) is 24.9 Å². The van der Waals surface area contributed by atoms with Crippen molar-refractivity contribution in [2.45, 2.75) is 44.7 Å². The highest BCUT2D eigenvalue weighted by molar-refractivity contribution is 7.09. The second-order valence-corrected chi connectivity index (χ2v) is 6.17. The van der Waals surface area contributed by atoms with Gasteiger partial charge < -0.3 is 5.32 Å². The molecule has 1 aliphatic rings. The zero-order chi connectivity index (χ0) is 11.4. The van der Waals surface area contributed by atoms with Gasteiger partial charge in [0, 0.05) is 29.0 Å². The lowest BCUT2D eigenvalue weighted by atomic mass is 9.77. The van der Waals surface area contributed by atoms with Gasteiger partial charge in [-0.3, -0.25) is 4.98 Å². The summed E-state index contributed by atoms with van der Waals surface area (Å²) in [6.07, 6.45) is 6.99. The first kappa shape index (κ1) is 12.3. The summed E-state index contributed by atoms with van der Waals surface area (Å²) < 4.78 is 0. The van der Waals surface area contributed by atoms with Gasteiger partial charge in [-0.05, 0) is 18.8 Å². The number of halogens is 1. The van der Waals surface area contributed by atoms with Crippen LogP contribution in [0.15, 0.2) is 11.7 Å². The van der Waals surface area contributed by atoms with Gasteiger partial charge in [0.1, 0.15) is 0 Å². The van der Waals surface area contributed by atoms with Gasteiger partial charge in [-0.1, -0.05) is 19.8 Å². The maximum atomic E-state index is 6.17. The van der Waals surface area contributed by atoms with Crippen LogP contribution in [-0.4, -0.2) is 16.4 Å². The molecule has 1 aliphatic carbocycles. The summed E-state index contributed by atoms with van der Waals surface area (Å²) in [5.74, 6) is 1.51. The van der Waals surface area contributed by atoms with Gasteiger partial charge in [0.05, 0.1) is 5.51 Å². The second-order valence-electron chi connectivity index (χ2n) is 4.94. The molecular weight excluding hydrogens is 240 g/mol. The molecule has 1 N–H and O–H groups in total. The van der Waals surface area contributed by atoms with Crippen LogP contribution < -0.4 is 5.32 Å². The molecule has 2 atom stereocenters. The minimum Gasteiger partial charge on any atom is -0.305 e. The molecule has 16 heavy (non-hydrogen) atoms. The molecule has 0 radical (unpaired) electrons. The Kier molecular flexibility index (Phi) is 4.22. The third-order valence-corrected chi connectivity index (χ3v) is 4.76. The first-order valence-corrected chi connectivity index (χ1v) is 7.34. The quantitative estimate of drug-likeness (QED) is 0.837. The predicted octanol–water partition coefficient (Wildman–Crippen LogP) is 3.42. The van der Waals surface area contributed by atoms with E-state index in [2.05, 4.69) is 17.2 Å². The van der Waals surface area contributed by atoms with Gasteiger partial charge in [0.25, 0.3) is 0 Å². The fraction of sp³-hybridized carbons (Fsp3) is 0.750. The van der Waals surface area contributed by atoms with Gasteiger partial charge in [0.2, 0.25) is 0 Å². The Morgan fingerprint density at radius 3 is 3.19 bits per heavy atom. The van der Waals surface area contributed by atoms with E-state index in [1.165, 1.54) is 30.6 Å². The summed E-state index contributed by atoms with van der Waals surface area (Å²) in [4.78, 5) is 5.39. The Labute approximate surface area is 106 Å². The van der Waals surface area contributed by atoms with Gasteiger partial charge in [-0.2, -0.15) is 0 Å².